The summed E-state index contributed by atoms with van der Waals surface area (Å²) in [6.45, 7) is 11.0. The van der Waals surface area contributed by atoms with Gasteiger partial charge in [0.05, 0.1) is 4.47 Å². The maximum atomic E-state index is 5.83. The summed E-state index contributed by atoms with van der Waals surface area (Å²) < 4.78 is 0.739. The summed E-state index contributed by atoms with van der Waals surface area (Å²) >= 11 is 3.33. The summed E-state index contributed by atoms with van der Waals surface area (Å²) in [7, 11) is 0. The van der Waals surface area contributed by atoms with E-state index in [0.717, 1.165) is 10.3 Å². The Morgan fingerprint density at radius 3 is 2.19 bits per heavy atom. The molecule has 0 aliphatic rings. The number of aromatic nitrogens is 2. The van der Waals surface area contributed by atoms with Crippen LogP contribution < -0.4 is 5.73 Å². The van der Waals surface area contributed by atoms with Crippen LogP contribution in [0.5, 0.6) is 0 Å². The zero-order chi connectivity index (χ0) is 15.8. The van der Waals surface area contributed by atoms with Gasteiger partial charge < -0.3 is 5.73 Å². The quantitative estimate of drug-likeness (QED) is 0.879. The Balaban J connectivity index is 2.39. The van der Waals surface area contributed by atoms with Gasteiger partial charge in [0.25, 0.3) is 0 Å². The first-order valence-corrected chi connectivity index (χ1v) is 7.85. The molecule has 1 aromatic heterocycles. The van der Waals surface area contributed by atoms with Gasteiger partial charge >= 0.3 is 0 Å². The molecule has 2 aromatic rings. The Morgan fingerprint density at radius 1 is 1.14 bits per heavy atom. The summed E-state index contributed by atoms with van der Waals surface area (Å²) in [4.78, 5) is 8.69. The molecule has 3 nitrogen and oxygen atoms in total. The molecule has 0 aliphatic heterocycles. The molecule has 0 saturated heterocycles. The lowest BCUT2D eigenvalue weighted by molar-refractivity contribution is 0.588. The van der Waals surface area contributed by atoms with Crippen LogP contribution in [-0.4, -0.2) is 9.97 Å². The molecule has 21 heavy (non-hydrogen) atoms. The second-order valence-electron chi connectivity index (χ2n) is 6.53. The van der Waals surface area contributed by atoms with E-state index in [1.807, 2.05) is 0 Å². The molecule has 0 amide bonds. The van der Waals surface area contributed by atoms with Crippen molar-refractivity contribution >= 4 is 21.7 Å². The highest BCUT2D eigenvalue weighted by molar-refractivity contribution is 9.10. The highest BCUT2D eigenvalue weighted by atomic mass is 79.9. The van der Waals surface area contributed by atoms with E-state index in [9.17, 15) is 0 Å². The predicted molar refractivity (Wildman–Crippen MR) is 91.6 cm³/mol. The maximum absolute atomic E-state index is 5.83. The smallest absolute Gasteiger partial charge is 0.141 e. The fraction of sp³-hybridized carbons (Fsp3) is 0.412. The predicted octanol–water partition coefficient (Wildman–Crippen LogP) is 4.33. The van der Waals surface area contributed by atoms with Crippen LogP contribution in [-0.2, 0) is 11.8 Å². The molecule has 0 spiro atoms. The van der Waals surface area contributed by atoms with Gasteiger partial charge in [0.15, 0.2) is 0 Å². The largest absolute Gasteiger partial charge is 0.383 e. The zero-order valence-corrected chi connectivity index (χ0v) is 14.9. The SMILES string of the molecule is Cc1cc(C(C)(C)C)cc(C)c1Cc1ncc(Br)c(N)n1. The van der Waals surface area contributed by atoms with E-state index in [4.69, 9.17) is 5.73 Å². The van der Waals surface area contributed by atoms with Gasteiger partial charge in [-0.05, 0) is 57.4 Å². The fourth-order valence-corrected chi connectivity index (χ4v) is 2.56. The molecule has 0 aliphatic carbocycles. The number of benzene rings is 1. The first-order valence-electron chi connectivity index (χ1n) is 7.06. The second-order valence-corrected chi connectivity index (χ2v) is 7.39. The van der Waals surface area contributed by atoms with Crippen molar-refractivity contribution in [1.82, 2.24) is 9.97 Å². The summed E-state index contributed by atoms with van der Waals surface area (Å²) in [6.07, 6.45) is 2.42. The highest BCUT2D eigenvalue weighted by Gasteiger charge is 2.17. The van der Waals surface area contributed by atoms with Crippen molar-refractivity contribution in [2.24, 2.45) is 0 Å². The van der Waals surface area contributed by atoms with Crippen molar-refractivity contribution in [2.45, 2.75) is 46.5 Å². The lowest BCUT2D eigenvalue weighted by atomic mass is 9.83. The van der Waals surface area contributed by atoms with Gasteiger partial charge in [0.1, 0.15) is 11.6 Å². The molecule has 0 fully saturated rings. The maximum Gasteiger partial charge on any atom is 0.141 e. The normalized spacial score (nSPS) is 11.7. The Kier molecular flexibility index (Phi) is 4.38. The van der Waals surface area contributed by atoms with Gasteiger partial charge in [0, 0.05) is 12.6 Å². The van der Waals surface area contributed by atoms with Gasteiger partial charge in [0.2, 0.25) is 0 Å². The van der Waals surface area contributed by atoms with Crippen LogP contribution in [0.1, 0.15) is 48.8 Å². The van der Waals surface area contributed by atoms with Crippen molar-refractivity contribution in [1.29, 1.82) is 0 Å². The van der Waals surface area contributed by atoms with Gasteiger partial charge in [-0.3, -0.25) is 0 Å². The molecule has 1 aromatic carbocycles. The zero-order valence-electron chi connectivity index (χ0n) is 13.3. The number of hydrogen-bond acceptors (Lipinski definition) is 3. The van der Waals surface area contributed by atoms with Gasteiger partial charge in [-0.15, -0.1) is 0 Å². The summed E-state index contributed by atoms with van der Waals surface area (Å²) in [6, 6.07) is 4.54. The average Bonchev–Trinajstić information content (AvgIpc) is 2.36. The lowest BCUT2D eigenvalue weighted by Gasteiger charge is -2.22. The van der Waals surface area contributed by atoms with E-state index >= 15 is 0 Å². The van der Waals surface area contributed by atoms with E-state index in [1.54, 1.807) is 6.20 Å². The first kappa shape index (κ1) is 16.0. The minimum atomic E-state index is 0.159. The number of aryl methyl sites for hydroxylation is 2. The number of anilines is 1. The first-order chi connectivity index (χ1) is 9.68. The van der Waals surface area contributed by atoms with E-state index < -0.39 is 0 Å². The molecule has 0 atom stereocenters. The molecule has 2 rings (SSSR count). The van der Waals surface area contributed by atoms with Gasteiger partial charge in [-0.25, -0.2) is 9.97 Å². The van der Waals surface area contributed by atoms with Crippen molar-refractivity contribution < 1.29 is 0 Å². The molecule has 0 bridgehead atoms. The number of nitrogens with zero attached hydrogens (tertiary/aromatic N) is 2. The monoisotopic (exact) mass is 347 g/mol. The Bertz CT molecular complexity index is 649. The minimum Gasteiger partial charge on any atom is -0.383 e. The summed E-state index contributed by atoms with van der Waals surface area (Å²) in [5.74, 6) is 1.24. The number of rotatable bonds is 2. The Labute approximate surface area is 135 Å². The Hall–Kier alpha value is -1.42. The minimum absolute atomic E-state index is 0.159. The third-order valence-corrected chi connectivity index (χ3v) is 4.33. The lowest BCUT2D eigenvalue weighted by Crippen LogP contribution is -2.13. The van der Waals surface area contributed by atoms with Crippen molar-refractivity contribution in [3.63, 3.8) is 0 Å². The molecule has 2 N–H and O–H groups in total. The van der Waals surface area contributed by atoms with Crippen LogP contribution in [0.4, 0.5) is 5.82 Å². The van der Waals surface area contributed by atoms with E-state index in [2.05, 4.69) is 72.6 Å². The molecule has 0 saturated carbocycles. The van der Waals surface area contributed by atoms with Crippen molar-refractivity contribution in [3.8, 4) is 0 Å². The third kappa shape index (κ3) is 3.62. The van der Waals surface area contributed by atoms with Crippen LogP contribution in [0.2, 0.25) is 0 Å². The summed E-state index contributed by atoms with van der Waals surface area (Å²) in [5, 5.41) is 0. The fourth-order valence-electron chi connectivity index (χ4n) is 2.37. The average molecular weight is 348 g/mol. The molecular formula is C17H22BrN3. The second kappa shape index (κ2) is 5.76. The van der Waals surface area contributed by atoms with E-state index in [0.29, 0.717) is 12.2 Å². The van der Waals surface area contributed by atoms with Crippen LogP contribution in [0, 0.1) is 13.8 Å². The van der Waals surface area contributed by atoms with Gasteiger partial charge in [-0.2, -0.15) is 0 Å². The number of nitrogens with two attached hydrogens (primary N) is 1. The molecule has 0 radical (unpaired) electrons. The highest BCUT2D eigenvalue weighted by Crippen LogP contribution is 2.28. The number of nitrogen functional groups attached to an aromatic ring is 1. The van der Waals surface area contributed by atoms with Crippen LogP contribution in [0.15, 0.2) is 22.8 Å². The molecule has 112 valence electrons. The van der Waals surface area contributed by atoms with Crippen molar-refractivity contribution in [2.75, 3.05) is 5.73 Å². The molecule has 0 unspecified atom stereocenters. The number of halogens is 1. The molecule has 4 heteroatoms. The summed E-state index contributed by atoms with van der Waals surface area (Å²) in [5.41, 5.74) is 11.2. The van der Waals surface area contributed by atoms with Crippen molar-refractivity contribution in [3.05, 3.63) is 50.9 Å². The van der Waals surface area contributed by atoms with Crippen LogP contribution in [0.3, 0.4) is 0 Å². The number of hydrogen-bond donors (Lipinski definition) is 1. The van der Waals surface area contributed by atoms with Gasteiger partial charge in [-0.1, -0.05) is 32.9 Å². The van der Waals surface area contributed by atoms with E-state index in [1.165, 1.54) is 22.3 Å². The van der Waals surface area contributed by atoms with Crippen LogP contribution in [0.25, 0.3) is 0 Å². The standard InChI is InChI=1S/C17H22BrN3/c1-10-6-12(17(3,4)5)7-11(2)13(10)8-15-20-9-14(18)16(19)21-15/h6-7,9H,8H2,1-5H3,(H2,19,20,21). The Morgan fingerprint density at radius 2 is 1.71 bits per heavy atom. The molecular weight excluding hydrogens is 326 g/mol. The molecule has 1 heterocycles. The van der Waals surface area contributed by atoms with E-state index in [-0.39, 0.29) is 5.41 Å². The third-order valence-electron chi connectivity index (χ3n) is 3.72. The van der Waals surface area contributed by atoms with Crippen LogP contribution >= 0.6 is 15.9 Å². The topological polar surface area (TPSA) is 51.8 Å².